The molecule has 1 aliphatic heterocycles. The zero-order chi connectivity index (χ0) is 18.6. The molecular formula is C21H24N4O2. The first-order valence-electron chi connectivity index (χ1n) is 9.49. The van der Waals surface area contributed by atoms with Gasteiger partial charge in [-0.15, -0.1) is 0 Å². The highest BCUT2D eigenvalue weighted by molar-refractivity contribution is 5.79. The van der Waals surface area contributed by atoms with Gasteiger partial charge in [0, 0.05) is 42.4 Å². The number of nitrogens with zero attached hydrogens (tertiary/aromatic N) is 3. The van der Waals surface area contributed by atoms with Gasteiger partial charge >= 0.3 is 0 Å². The number of nitrogens with two attached hydrogens (primary N) is 1. The highest BCUT2D eigenvalue weighted by Gasteiger charge is 2.27. The van der Waals surface area contributed by atoms with Crippen molar-refractivity contribution in [1.29, 1.82) is 5.26 Å². The molecule has 6 heteroatoms. The van der Waals surface area contributed by atoms with E-state index in [9.17, 15) is 5.26 Å². The lowest BCUT2D eigenvalue weighted by molar-refractivity contribution is 0.0323. The van der Waals surface area contributed by atoms with E-state index in [1.165, 1.54) is 0 Å². The first kappa shape index (κ1) is 17.8. The maximum atomic E-state index is 9.61. The van der Waals surface area contributed by atoms with Crippen LogP contribution in [-0.4, -0.2) is 49.3 Å². The van der Waals surface area contributed by atoms with Crippen molar-refractivity contribution >= 4 is 5.82 Å². The van der Waals surface area contributed by atoms with Gasteiger partial charge in [-0.05, 0) is 25.0 Å². The summed E-state index contributed by atoms with van der Waals surface area (Å²) in [4.78, 5) is 6.78. The van der Waals surface area contributed by atoms with Gasteiger partial charge in [-0.2, -0.15) is 5.26 Å². The van der Waals surface area contributed by atoms with Crippen LogP contribution in [0.3, 0.4) is 0 Å². The molecule has 0 amide bonds. The van der Waals surface area contributed by atoms with E-state index in [0.717, 1.165) is 68.3 Å². The topological polar surface area (TPSA) is 84.4 Å². The number of hydrogen-bond acceptors (Lipinski definition) is 6. The molecule has 2 heterocycles. The van der Waals surface area contributed by atoms with E-state index in [1.807, 2.05) is 30.3 Å². The summed E-state index contributed by atoms with van der Waals surface area (Å²) in [5.41, 5.74) is 9.20. The second-order valence-electron chi connectivity index (χ2n) is 7.04. The number of para-hydroxylation sites is 1. The Morgan fingerprint density at radius 1 is 1.22 bits per heavy atom. The summed E-state index contributed by atoms with van der Waals surface area (Å²) in [6, 6.07) is 12.1. The number of pyridine rings is 1. The van der Waals surface area contributed by atoms with E-state index in [-0.39, 0.29) is 0 Å². The molecule has 1 saturated carbocycles. The number of morpholine rings is 1. The van der Waals surface area contributed by atoms with E-state index in [1.54, 1.807) is 0 Å². The van der Waals surface area contributed by atoms with Crippen LogP contribution in [0.2, 0.25) is 0 Å². The van der Waals surface area contributed by atoms with Crippen LogP contribution >= 0.6 is 0 Å². The van der Waals surface area contributed by atoms with Gasteiger partial charge in [-0.3, -0.25) is 4.90 Å². The number of hydrogen-bond donors (Lipinski definition) is 1. The number of rotatable bonds is 6. The quantitative estimate of drug-likeness (QED) is 0.848. The first-order chi connectivity index (χ1) is 13.3. The summed E-state index contributed by atoms with van der Waals surface area (Å²) in [5, 5.41) is 9.61. The zero-order valence-corrected chi connectivity index (χ0v) is 15.4. The minimum Gasteiger partial charge on any atom is -0.492 e. The molecule has 0 radical (unpaired) electrons. The normalized spacial score (nSPS) is 17.4. The molecule has 0 atom stereocenters. The Labute approximate surface area is 159 Å². The van der Waals surface area contributed by atoms with Gasteiger partial charge in [0.25, 0.3) is 0 Å². The summed E-state index contributed by atoms with van der Waals surface area (Å²) >= 11 is 0. The van der Waals surface area contributed by atoms with E-state index in [4.69, 9.17) is 15.2 Å². The Balaban J connectivity index is 1.58. The number of nitrogen functional groups attached to an aromatic ring is 1. The Kier molecular flexibility index (Phi) is 5.23. The molecule has 2 N–H and O–H groups in total. The Hall–Kier alpha value is -2.62. The second kappa shape index (κ2) is 7.95. The average Bonchev–Trinajstić information content (AvgIpc) is 3.54. The molecule has 2 fully saturated rings. The molecule has 2 aromatic rings. The molecule has 1 aromatic heterocycles. The van der Waals surface area contributed by atoms with Crippen LogP contribution in [0.5, 0.6) is 5.75 Å². The second-order valence-corrected chi connectivity index (χ2v) is 7.04. The lowest BCUT2D eigenvalue weighted by atomic mass is 9.98. The number of nitriles is 1. The number of aromatic nitrogens is 1. The van der Waals surface area contributed by atoms with Crippen molar-refractivity contribution in [2.75, 3.05) is 45.2 Å². The first-order valence-corrected chi connectivity index (χ1v) is 9.49. The van der Waals surface area contributed by atoms with Crippen LogP contribution in [0.15, 0.2) is 30.3 Å². The smallest absolute Gasteiger partial charge is 0.142 e. The molecule has 2 aliphatic rings. The molecule has 4 rings (SSSR count). The number of ether oxygens (including phenoxy) is 2. The van der Waals surface area contributed by atoms with Gasteiger partial charge in [0.15, 0.2) is 0 Å². The monoisotopic (exact) mass is 364 g/mol. The fourth-order valence-electron chi connectivity index (χ4n) is 3.43. The molecular weight excluding hydrogens is 340 g/mol. The molecule has 0 bridgehead atoms. The maximum absolute atomic E-state index is 9.61. The lowest BCUT2D eigenvalue weighted by Gasteiger charge is -2.26. The standard InChI is InChI=1S/C21H24N4O2/c22-14-18-17(13-19(15-5-6-15)24-21(18)23)16-3-1-2-4-20(16)27-12-9-25-7-10-26-11-8-25/h1-4,13,15H,5-12H2,(H2,23,24). The highest BCUT2D eigenvalue weighted by atomic mass is 16.5. The van der Waals surface area contributed by atoms with E-state index in [0.29, 0.717) is 23.9 Å². The molecule has 6 nitrogen and oxygen atoms in total. The van der Waals surface area contributed by atoms with Crippen LogP contribution in [0.25, 0.3) is 11.1 Å². The third-order valence-electron chi connectivity index (χ3n) is 5.12. The molecule has 27 heavy (non-hydrogen) atoms. The van der Waals surface area contributed by atoms with Gasteiger partial charge < -0.3 is 15.2 Å². The summed E-state index contributed by atoms with van der Waals surface area (Å²) < 4.78 is 11.5. The van der Waals surface area contributed by atoms with Crippen LogP contribution < -0.4 is 10.5 Å². The van der Waals surface area contributed by atoms with Crippen molar-refractivity contribution in [3.05, 3.63) is 41.6 Å². The van der Waals surface area contributed by atoms with Gasteiger partial charge in [0.1, 0.15) is 29.8 Å². The van der Waals surface area contributed by atoms with Crippen LogP contribution in [0, 0.1) is 11.3 Å². The molecule has 0 spiro atoms. The zero-order valence-electron chi connectivity index (χ0n) is 15.4. The fourth-order valence-corrected chi connectivity index (χ4v) is 3.43. The van der Waals surface area contributed by atoms with Gasteiger partial charge in [-0.25, -0.2) is 4.98 Å². The van der Waals surface area contributed by atoms with Gasteiger partial charge in [0.05, 0.1) is 13.2 Å². The van der Waals surface area contributed by atoms with Crippen molar-refractivity contribution in [3.8, 4) is 22.9 Å². The predicted molar refractivity (Wildman–Crippen MR) is 104 cm³/mol. The average molecular weight is 364 g/mol. The van der Waals surface area contributed by atoms with Crippen molar-refractivity contribution < 1.29 is 9.47 Å². The van der Waals surface area contributed by atoms with Crippen LogP contribution in [0.1, 0.15) is 30.0 Å². The number of anilines is 1. The minimum absolute atomic E-state index is 0.306. The van der Waals surface area contributed by atoms with Crippen molar-refractivity contribution in [2.24, 2.45) is 0 Å². The summed E-state index contributed by atoms with van der Waals surface area (Å²) in [6.45, 7) is 4.89. The van der Waals surface area contributed by atoms with E-state index >= 15 is 0 Å². The summed E-state index contributed by atoms with van der Waals surface area (Å²) in [5.74, 6) is 1.54. The Morgan fingerprint density at radius 3 is 2.74 bits per heavy atom. The summed E-state index contributed by atoms with van der Waals surface area (Å²) in [7, 11) is 0. The molecule has 0 unspecified atom stereocenters. The number of benzene rings is 1. The van der Waals surface area contributed by atoms with Crippen molar-refractivity contribution in [1.82, 2.24) is 9.88 Å². The molecule has 1 aliphatic carbocycles. The van der Waals surface area contributed by atoms with Crippen molar-refractivity contribution in [2.45, 2.75) is 18.8 Å². The Bertz CT molecular complexity index is 852. The Morgan fingerprint density at radius 2 is 2.00 bits per heavy atom. The van der Waals surface area contributed by atoms with Gasteiger partial charge in [-0.1, -0.05) is 18.2 Å². The highest BCUT2D eigenvalue weighted by Crippen LogP contribution is 2.42. The molecule has 140 valence electrons. The third-order valence-corrected chi connectivity index (χ3v) is 5.12. The summed E-state index contributed by atoms with van der Waals surface area (Å²) in [6.07, 6.45) is 2.27. The molecule has 1 aromatic carbocycles. The third kappa shape index (κ3) is 4.05. The molecule has 1 saturated heterocycles. The van der Waals surface area contributed by atoms with Crippen molar-refractivity contribution in [3.63, 3.8) is 0 Å². The largest absolute Gasteiger partial charge is 0.492 e. The fraction of sp³-hybridized carbons (Fsp3) is 0.429. The van der Waals surface area contributed by atoms with Crippen LogP contribution in [0.4, 0.5) is 5.82 Å². The van der Waals surface area contributed by atoms with E-state index < -0.39 is 0 Å². The van der Waals surface area contributed by atoms with E-state index in [2.05, 4.69) is 16.0 Å². The maximum Gasteiger partial charge on any atom is 0.142 e. The minimum atomic E-state index is 0.306. The van der Waals surface area contributed by atoms with Gasteiger partial charge in [0.2, 0.25) is 0 Å². The lowest BCUT2D eigenvalue weighted by Crippen LogP contribution is -2.38. The SMILES string of the molecule is N#Cc1c(-c2ccccc2OCCN2CCOCC2)cc(C2CC2)nc1N. The predicted octanol–water partition coefficient (Wildman–Crippen LogP) is 2.79. The van der Waals surface area contributed by atoms with Crippen LogP contribution in [-0.2, 0) is 4.74 Å².